The van der Waals surface area contributed by atoms with Crippen molar-refractivity contribution < 1.29 is 19.2 Å². The van der Waals surface area contributed by atoms with E-state index in [1.807, 2.05) is 0 Å². The molecule has 1 unspecified atom stereocenters. The van der Waals surface area contributed by atoms with Gasteiger partial charge >= 0.3 is 12.1 Å². The van der Waals surface area contributed by atoms with Crippen LogP contribution in [-0.4, -0.2) is 41.4 Å². The molecular weight excluding hydrogens is 383 g/mol. The third-order valence-corrected chi connectivity index (χ3v) is 4.27. The summed E-state index contributed by atoms with van der Waals surface area (Å²) in [5.41, 5.74) is -1.10. The van der Waals surface area contributed by atoms with Gasteiger partial charge in [-0.1, -0.05) is 29.3 Å². The number of benzene rings is 1. The van der Waals surface area contributed by atoms with Gasteiger partial charge in [0, 0.05) is 21.7 Å². The monoisotopic (exact) mass is 400 g/mol. The zero-order valence-corrected chi connectivity index (χ0v) is 15.9. The molecular formula is C16H18Cl2N4O4. The highest BCUT2D eigenvalue weighted by molar-refractivity contribution is 6.35. The Morgan fingerprint density at radius 3 is 2.50 bits per heavy atom. The van der Waals surface area contributed by atoms with Gasteiger partial charge in [0.05, 0.1) is 0 Å². The number of hydrogen-bond acceptors (Lipinski definition) is 4. The first-order chi connectivity index (χ1) is 12.0. The highest BCUT2D eigenvalue weighted by atomic mass is 35.5. The fourth-order valence-corrected chi connectivity index (χ4v) is 3.12. The molecule has 2 rings (SSSR count). The lowest BCUT2D eigenvalue weighted by atomic mass is 9.92. The van der Waals surface area contributed by atoms with Crippen molar-refractivity contribution in [2.75, 3.05) is 6.54 Å². The van der Waals surface area contributed by atoms with Gasteiger partial charge < -0.3 is 10.6 Å². The van der Waals surface area contributed by atoms with Gasteiger partial charge in [0.1, 0.15) is 12.1 Å². The Bertz CT molecular complexity index is 784. The molecule has 1 saturated heterocycles. The van der Waals surface area contributed by atoms with Crippen molar-refractivity contribution in [2.45, 2.75) is 32.4 Å². The number of urea groups is 2. The van der Waals surface area contributed by atoms with Crippen molar-refractivity contribution in [3.8, 4) is 0 Å². The maximum Gasteiger partial charge on any atom is 0.325 e. The first-order valence-corrected chi connectivity index (χ1v) is 8.50. The lowest BCUT2D eigenvalue weighted by Gasteiger charge is -2.23. The smallest absolute Gasteiger partial charge is 0.325 e. The molecule has 1 aromatic rings. The summed E-state index contributed by atoms with van der Waals surface area (Å²) in [6, 6.07) is 2.88. The van der Waals surface area contributed by atoms with E-state index in [1.165, 1.54) is 19.1 Å². The topological polar surface area (TPSA) is 108 Å². The first kappa shape index (κ1) is 20.0. The summed E-state index contributed by atoms with van der Waals surface area (Å²) in [6.45, 7) is 4.33. The molecule has 1 atom stereocenters. The SMILES string of the molecule is CC(C)NC(=O)NC(=O)CN1C(=O)NC(C)(c2ccc(Cl)cc2Cl)C1=O. The predicted octanol–water partition coefficient (Wildman–Crippen LogP) is 1.99. The van der Waals surface area contributed by atoms with Gasteiger partial charge in [-0.25, -0.2) is 9.59 Å². The summed E-state index contributed by atoms with van der Waals surface area (Å²) in [5.74, 6) is -1.45. The molecule has 1 aromatic carbocycles. The van der Waals surface area contributed by atoms with E-state index in [0.29, 0.717) is 10.6 Å². The molecule has 0 aliphatic carbocycles. The lowest BCUT2D eigenvalue weighted by molar-refractivity contribution is -0.134. The highest BCUT2D eigenvalue weighted by Gasteiger charge is 2.50. The Morgan fingerprint density at radius 1 is 1.27 bits per heavy atom. The van der Waals surface area contributed by atoms with Crippen molar-refractivity contribution in [3.05, 3.63) is 33.8 Å². The van der Waals surface area contributed by atoms with Crippen LogP contribution < -0.4 is 16.0 Å². The number of halogens is 2. The van der Waals surface area contributed by atoms with E-state index in [9.17, 15) is 19.2 Å². The van der Waals surface area contributed by atoms with Gasteiger partial charge in [-0.3, -0.25) is 19.8 Å². The summed E-state index contributed by atoms with van der Waals surface area (Å²) in [4.78, 5) is 49.2. The van der Waals surface area contributed by atoms with Gasteiger partial charge in [-0.05, 0) is 32.9 Å². The average molecular weight is 401 g/mol. The molecule has 6 amide bonds. The summed E-state index contributed by atoms with van der Waals surface area (Å²) >= 11 is 12.0. The predicted molar refractivity (Wildman–Crippen MR) is 95.9 cm³/mol. The van der Waals surface area contributed by atoms with E-state index in [-0.39, 0.29) is 11.1 Å². The maximum atomic E-state index is 12.7. The van der Waals surface area contributed by atoms with Crippen LogP contribution in [0.4, 0.5) is 9.59 Å². The summed E-state index contributed by atoms with van der Waals surface area (Å²) in [6.07, 6.45) is 0. The number of imide groups is 2. The Balaban J connectivity index is 2.15. The molecule has 1 aliphatic rings. The van der Waals surface area contributed by atoms with Crippen LogP contribution in [0.15, 0.2) is 18.2 Å². The Morgan fingerprint density at radius 2 is 1.92 bits per heavy atom. The highest BCUT2D eigenvalue weighted by Crippen LogP contribution is 2.34. The van der Waals surface area contributed by atoms with E-state index in [1.54, 1.807) is 19.9 Å². The van der Waals surface area contributed by atoms with E-state index in [2.05, 4.69) is 16.0 Å². The second-order valence-electron chi connectivity index (χ2n) is 6.25. The molecule has 1 fully saturated rings. The van der Waals surface area contributed by atoms with Gasteiger partial charge in [0.15, 0.2) is 0 Å². The molecule has 8 nitrogen and oxygen atoms in total. The van der Waals surface area contributed by atoms with Crippen molar-refractivity contribution in [3.63, 3.8) is 0 Å². The van der Waals surface area contributed by atoms with Crippen LogP contribution in [0.3, 0.4) is 0 Å². The molecule has 140 valence electrons. The average Bonchev–Trinajstić information content (AvgIpc) is 2.70. The van der Waals surface area contributed by atoms with Gasteiger partial charge in [-0.15, -0.1) is 0 Å². The zero-order valence-electron chi connectivity index (χ0n) is 14.4. The van der Waals surface area contributed by atoms with Crippen molar-refractivity contribution in [1.29, 1.82) is 0 Å². The molecule has 0 bridgehead atoms. The number of carbonyl (C=O) groups is 4. The van der Waals surface area contributed by atoms with E-state index in [4.69, 9.17) is 23.2 Å². The lowest BCUT2D eigenvalue weighted by Crippen LogP contribution is -2.48. The number of nitrogens with one attached hydrogen (secondary N) is 3. The standard InChI is InChI=1S/C16H18Cl2N4O4/c1-8(2)19-14(25)20-12(23)7-22-13(24)16(3,21-15(22)26)10-5-4-9(17)6-11(10)18/h4-6,8H,7H2,1-3H3,(H,21,26)(H2,19,20,23,25). The van der Waals surface area contributed by atoms with E-state index >= 15 is 0 Å². The molecule has 1 aliphatic heterocycles. The van der Waals surface area contributed by atoms with Gasteiger partial charge in [0.2, 0.25) is 5.91 Å². The summed E-state index contributed by atoms with van der Waals surface area (Å²) in [7, 11) is 0. The molecule has 0 saturated carbocycles. The minimum atomic E-state index is -1.45. The van der Waals surface area contributed by atoms with Crippen LogP contribution in [0.5, 0.6) is 0 Å². The van der Waals surface area contributed by atoms with Crippen LogP contribution in [-0.2, 0) is 15.1 Å². The van der Waals surface area contributed by atoms with Crippen LogP contribution in [0.2, 0.25) is 10.0 Å². The number of carbonyl (C=O) groups excluding carboxylic acids is 4. The quantitative estimate of drug-likeness (QED) is 0.671. The Labute approximate surface area is 160 Å². The summed E-state index contributed by atoms with van der Waals surface area (Å²) in [5, 5.41) is 7.64. The third-order valence-electron chi connectivity index (χ3n) is 3.72. The van der Waals surface area contributed by atoms with E-state index < -0.39 is 36.0 Å². The number of nitrogens with zero attached hydrogens (tertiary/aromatic N) is 1. The summed E-state index contributed by atoms with van der Waals surface area (Å²) < 4.78 is 0. The number of rotatable bonds is 4. The molecule has 10 heteroatoms. The molecule has 1 heterocycles. The van der Waals surface area contributed by atoms with Gasteiger partial charge in [-0.2, -0.15) is 0 Å². The molecule has 0 aromatic heterocycles. The zero-order chi connectivity index (χ0) is 19.6. The first-order valence-electron chi connectivity index (χ1n) is 7.74. The van der Waals surface area contributed by atoms with Crippen molar-refractivity contribution in [2.24, 2.45) is 0 Å². The second-order valence-corrected chi connectivity index (χ2v) is 7.09. The van der Waals surface area contributed by atoms with Crippen LogP contribution in [0.1, 0.15) is 26.3 Å². The molecule has 3 N–H and O–H groups in total. The Hall–Kier alpha value is -2.32. The second kappa shape index (κ2) is 7.51. The normalized spacial score (nSPS) is 19.5. The maximum absolute atomic E-state index is 12.7. The molecule has 26 heavy (non-hydrogen) atoms. The van der Waals surface area contributed by atoms with Crippen LogP contribution in [0, 0.1) is 0 Å². The fraction of sp³-hybridized carbons (Fsp3) is 0.375. The van der Waals surface area contributed by atoms with E-state index in [0.717, 1.165) is 4.90 Å². The largest absolute Gasteiger partial charge is 0.336 e. The fourth-order valence-electron chi connectivity index (χ4n) is 2.53. The third kappa shape index (κ3) is 4.08. The van der Waals surface area contributed by atoms with Gasteiger partial charge in [0.25, 0.3) is 5.91 Å². The number of amides is 6. The number of hydrogen-bond donors (Lipinski definition) is 3. The van der Waals surface area contributed by atoms with Crippen molar-refractivity contribution in [1.82, 2.24) is 20.9 Å². The minimum Gasteiger partial charge on any atom is -0.336 e. The molecule has 0 radical (unpaired) electrons. The van der Waals surface area contributed by atoms with Crippen LogP contribution in [0.25, 0.3) is 0 Å². The Kier molecular flexibility index (Phi) is 5.77. The van der Waals surface area contributed by atoms with Crippen molar-refractivity contribution >= 4 is 47.1 Å². The minimum absolute atomic E-state index is 0.171. The van der Waals surface area contributed by atoms with Crippen LogP contribution >= 0.6 is 23.2 Å². The molecule has 0 spiro atoms.